The van der Waals surface area contributed by atoms with E-state index in [9.17, 15) is 9.18 Å². The maximum Gasteiger partial charge on any atom is 0.248 e. The van der Waals surface area contributed by atoms with Crippen molar-refractivity contribution in [2.45, 2.75) is 6.61 Å². The molecule has 5 nitrogen and oxygen atoms in total. The van der Waals surface area contributed by atoms with E-state index in [1.807, 2.05) is 17.8 Å². The highest BCUT2D eigenvalue weighted by Crippen LogP contribution is 2.17. The minimum Gasteiger partial charge on any atom is -0.486 e. The van der Waals surface area contributed by atoms with E-state index in [0.717, 1.165) is 11.4 Å². The summed E-state index contributed by atoms with van der Waals surface area (Å²) in [6, 6.07) is 13.0. The average molecular weight is 351 g/mol. The number of rotatable bonds is 6. The molecular formula is C20H18FN3O2. The zero-order valence-electron chi connectivity index (χ0n) is 14.2. The van der Waals surface area contributed by atoms with Crippen LogP contribution in [0.5, 0.6) is 5.75 Å². The number of carbonyl (C=O) groups is 1. The molecule has 6 heteroatoms. The highest BCUT2D eigenvalue weighted by molar-refractivity contribution is 6.01. The van der Waals surface area contributed by atoms with Crippen molar-refractivity contribution in [2.24, 2.45) is 7.05 Å². The Hall–Kier alpha value is -3.41. The third-order valence-corrected chi connectivity index (χ3v) is 3.71. The normalized spacial score (nSPS) is 10.8. The number of imidazole rings is 1. The monoisotopic (exact) mass is 351 g/mol. The van der Waals surface area contributed by atoms with Crippen molar-refractivity contribution in [3.05, 3.63) is 84.2 Å². The Morgan fingerprint density at radius 2 is 1.92 bits per heavy atom. The van der Waals surface area contributed by atoms with Crippen LogP contribution in [0.4, 0.5) is 10.1 Å². The second-order valence-corrected chi connectivity index (χ2v) is 5.64. The molecule has 3 rings (SSSR count). The Bertz CT molecular complexity index is 900. The van der Waals surface area contributed by atoms with Crippen molar-refractivity contribution in [3.63, 3.8) is 0 Å². The molecule has 0 unspecified atom stereocenters. The van der Waals surface area contributed by atoms with Gasteiger partial charge in [-0.1, -0.05) is 12.1 Å². The molecule has 0 saturated carbocycles. The molecule has 1 amide bonds. The SMILES string of the molecule is Cn1ccnc1COc1ccc(NC(=O)C=Cc2ccc(F)cc2)cc1. The van der Waals surface area contributed by atoms with Gasteiger partial charge in [0.25, 0.3) is 0 Å². The Labute approximate surface area is 150 Å². The molecule has 0 aliphatic heterocycles. The Balaban J connectivity index is 1.52. The standard InChI is InChI=1S/C20H18FN3O2/c1-24-13-12-22-19(24)14-26-18-9-7-17(8-10-18)23-20(25)11-4-15-2-5-16(21)6-3-15/h2-13H,14H2,1H3,(H,23,25). The van der Waals surface area contributed by atoms with Gasteiger partial charge in [-0.15, -0.1) is 0 Å². The third kappa shape index (κ3) is 4.80. The zero-order valence-corrected chi connectivity index (χ0v) is 14.2. The predicted molar refractivity (Wildman–Crippen MR) is 98.0 cm³/mol. The number of anilines is 1. The molecule has 1 heterocycles. The van der Waals surface area contributed by atoms with Crippen molar-refractivity contribution in [3.8, 4) is 5.75 Å². The van der Waals surface area contributed by atoms with Crippen LogP contribution < -0.4 is 10.1 Å². The van der Waals surface area contributed by atoms with Gasteiger partial charge in [-0.3, -0.25) is 4.79 Å². The number of benzene rings is 2. The van der Waals surface area contributed by atoms with Gasteiger partial charge in [0.15, 0.2) is 0 Å². The van der Waals surface area contributed by atoms with Crippen molar-refractivity contribution in [1.29, 1.82) is 0 Å². The van der Waals surface area contributed by atoms with Crippen molar-refractivity contribution in [2.75, 3.05) is 5.32 Å². The fourth-order valence-electron chi connectivity index (χ4n) is 2.25. The molecular weight excluding hydrogens is 333 g/mol. The van der Waals surface area contributed by atoms with Crippen molar-refractivity contribution >= 4 is 17.7 Å². The number of nitrogens with zero attached hydrogens (tertiary/aromatic N) is 2. The number of ether oxygens (including phenoxy) is 1. The van der Waals surface area contributed by atoms with Crippen molar-refractivity contribution in [1.82, 2.24) is 9.55 Å². The van der Waals surface area contributed by atoms with E-state index in [1.54, 1.807) is 48.7 Å². The fourth-order valence-corrected chi connectivity index (χ4v) is 2.25. The van der Waals surface area contributed by atoms with Crippen LogP contribution in [0.3, 0.4) is 0 Å². The lowest BCUT2D eigenvalue weighted by Crippen LogP contribution is -2.07. The van der Waals surface area contributed by atoms with Gasteiger partial charge < -0.3 is 14.6 Å². The van der Waals surface area contributed by atoms with Crippen LogP contribution in [0.15, 0.2) is 67.0 Å². The minimum atomic E-state index is -0.308. The average Bonchev–Trinajstić information content (AvgIpc) is 3.06. The molecule has 0 spiro atoms. The maximum absolute atomic E-state index is 12.8. The Kier molecular flexibility index (Phi) is 5.43. The van der Waals surface area contributed by atoms with Gasteiger partial charge in [-0.2, -0.15) is 0 Å². The zero-order chi connectivity index (χ0) is 18.4. The van der Waals surface area contributed by atoms with Gasteiger partial charge in [0.05, 0.1) is 0 Å². The van der Waals surface area contributed by atoms with Crippen LogP contribution in [-0.2, 0) is 18.4 Å². The predicted octanol–water partition coefficient (Wildman–Crippen LogP) is 3.79. The summed E-state index contributed by atoms with van der Waals surface area (Å²) < 4.78 is 20.4. The highest BCUT2D eigenvalue weighted by Gasteiger charge is 2.02. The van der Waals surface area contributed by atoms with Gasteiger partial charge in [-0.05, 0) is 48.0 Å². The molecule has 0 aliphatic rings. The first-order valence-electron chi connectivity index (χ1n) is 8.04. The van der Waals surface area contributed by atoms with Crippen LogP contribution >= 0.6 is 0 Å². The summed E-state index contributed by atoms with van der Waals surface area (Å²) in [5.74, 6) is 0.939. The van der Waals surface area contributed by atoms with Gasteiger partial charge in [0.1, 0.15) is 24.0 Å². The third-order valence-electron chi connectivity index (χ3n) is 3.71. The molecule has 0 bridgehead atoms. The molecule has 0 aliphatic carbocycles. The van der Waals surface area contributed by atoms with E-state index in [-0.39, 0.29) is 11.7 Å². The Morgan fingerprint density at radius 3 is 2.58 bits per heavy atom. The lowest BCUT2D eigenvalue weighted by molar-refractivity contribution is -0.111. The first-order chi connectivity index (χ1) is 12.6. The lowest BCUT2D eigenvalue weighted by atomic mass is 10.2. The molecule has 0 radical (unpaired) electrons. The number of amides is 1. The molecule has 1 N–H and O–H groups in total. The number of hydrogen-bond donors (Lipinski definition) is 1. The summed E-state index contributed by atoms with van der Waals surface area (Å²) in [5.41, 5.74) is 1.41. The van der Waals surface area contributed by atoms with E-state index in [1.165, 1.54) is 18.2 Å². The molecule has 132 valence electrons. The highest BCUT2D eigenvalue weighted by atomic mass is 19.1. The van der Waals surface area contributed by atoms with E-state index in [4.69, 9.17) is 4.74 Å². The summed E-state index contributed by atoms with van der Waals surface area (Å²) in [7, 11) is 1.91. The fraction of sp³-hybridized carbons (Fsp3) is 0.100. The summed E-state index contributed by atoms with van der Waals surface area (Å²) in [5, 5.41) is 2.76. The minimum absolute atomic E-state index is 0.268. The first-order valence-corrected chi connectivity index (χ1v) is 8.04. The van der Waals surface area contributed by atoms with Crippen LogP contribution in [0.1, 0.15) is 11.4 Å². The largest absolute Gasteiger partial charge is 0.486 e. The summed E-state index contributed by atoms with van der Waals surface area (Å²) >= 11 is 0. The van der Waals surface area contributed by atoms with Crippen LogP contribution in [0.2, 0.25) is 0 Å². The Morgan fingerprint density at radius 1 is 1.19 bits per heavy atom. The van der Waals surface area contributed by atoms with Gasteiger partial charge in [0.2, 0.25) is 5.91 Å². The second-order valence-electron chi connectivity index (χ2n) is 5.64. The van der Waals surface area contributed by atoms with Gasteiger partial charge in [-0.25, -0.2) is 9.37 Å². The molecule has 0 fully saturated rings. The number of aryl methyl sites for hydroxylation is 1. The van der Waals surface area contributed by atoms with E-state index < -0.39 is 0 Å². The molecule has 0 atom stereocenters. The second kappa shape index (κ2) is 8.11. The summed E-state index contributed by atoms with van der Waals surface area (Å²) in [4.78, 5) is 16.1. The van der Waals surface area contributed by atoms with Gasteiger partial charge >= 0.3 is 0 Å². The van der Waals surface area contributed by atoms with Crippen LogP contribution in [0, 0.1) is 5.82 Å². The number of halogens is 1. The molecule has 1 aromatic heterocycles. The number of hydrogen-bond acceptors (Lipinski definition) is 3. The molecule has 26 heavy (non-hydrogen) atoms. The van der Waals surface area contributed by atoms with Crippen molar-refractivity contribution < 1.29 is 13.9 Å². The number of nitrogens with one attached hydrogen (secondary N) is 1. The first kappa shape index (κ1) is 17.4. The molecule has 3 aromatic rings. The van der Waals surface area contributed by atoms with E-state index in [0.29, 0.717) is 18.0 Å². The molecule has 2 aromatic carbocycles. The molecule has 0 saturated heterocycles. The number of carbonyl (C=O) groups excluding carboxylic acids is 1. The quantitative estimate of drug-likeness (QED) is 0.688. The smallest absolute Gasteiger partial charge is 0.248 e. The lowest BCUT2D eigenvalue weighted by Gasteiger charge is -2.07. The van der Waals surface area contributed by atoms with E-state index >= 15 is 0 Å². The topological polar surface area (TPSA) is 56.1 Å². The van der Waals surface area contributed by atoms with E-state index in [2.05, 4.69) is 10.3 Å². The van der Waals surface area contributed by atoms with Gasteiger partial charge in [0, 0.05) is 31.2 Å². The summed E-state index contributed by atoms with van der Waals surface area (Å²) in [6.07, 6.45) is 6.60. The maximum atomic E-state index is 12.8. The number of aromatic nitrogens is 2. The van der Waals surface area contributed by atoms with Crippen LogP contribution in [0.25, 0.3) is 6.08 Å². The summed E-state index contributed by atoms with van der Waals surface area (Å²) in [6.45, 7) is 0.371. The van der Waals surface area contributed by atoms with Crippen LogP contribution in [-0.4, -0.2) is 15.5 Å².